The normalized spacial score (nSPS) is 10.7. The second-order valence-electron chi connectivity index (χ2n) is 4.98. The van der Waals surface area contributed by atoms with Gasteiger partial charge in [-0.15, -0.1) is 11.3 Å². The number of rotatable bonds is 8. The summed E-state index contributed by atoms with van der Waals surface area (Å²) in [7, 11) is 0. The van der Waals surface area contributed by atoms with Gasteiger partial charge in [0.15, 0.2) is 0 Å². The molecular weight excluding hydrogens is 354 g/mol. The number of ether oxygens (including phenoxy) is 1. The Kier molecular flexibility index (Phi) is 7.96. The summed E-state index contributed by atoms with van der Waals surface area (Å²) in [4.78, 5) is 26.6. The van der Waals surface area contributed by atoms with Gasteiger partial charge in [-0.25, -0.2) is 0 Å². The second-order valence-corrected chi connectivity index (χ2v) is 7.53. The van der Waals surface area contributed by atoms with Crippen LogP contribution in [0.4, 0.5) is 0 Å². The molecule has 4 nitrogen and oxygen atoms in total. The van der Waals surface area contributed by atoms with Crippen molar-refractivity contribution in [2.75, 3.05) is 13.2 Å². The summed E-state index contributed by atoms with van der Waals surface area (Å²) in [6, 6.07) is 4.08. The number of nitrogens with zero attached hydrogens (tertiary/aromatic N) is 1. The summed E-state index contributed by atoms with van der Waals surface area (Å²) < 4.78 is 6.02. The molecule has 0 atom stereocenters. The Morgan fingerprint density at radius 1 is 1.38 bits per heavy atom. The van der Waals surface area contributed by atoms with Crippen LogP contribution in [0.15, 0.2) is 15.9 Å². The van der Waals surface area contributed by atoms with E-state index in [0.717, 1.165) is 16.6 Å². The Morgan fingerprint density at radius 3 is 2.62 bits per heavy atom. The largest absolute Gasteiger partial charge is 0.465 e. The van der Waals surface area contributed by atoms with Crippen molar-refractivity contribution in [2.45, 2.75) is 46.1 Å². The van der Waals surface area contributed by atoms with Crippen LogP contribution in [0.1, 0.15) is 38.5 Å². The zero-order valence-electron chi connectivity index (χ0n) is 12.7. The molecule has 0 aromatic carbocycles. The molecule has 0 N–H and O–H groups in total. The maximum Gasteiger partial charge on any atom is 0.325 e. The molecule has 6 heteroatoms. The molecule has 0 saturated carbocycles. The first-order valence-electron chi connectivity index (χ1n) is 7.13. The van der Waals surface area contributed by atoms with Gasteiger partial charge in [0.05, 0.1) is 10.4 Å². The number of esters is 1. The Morgan fingerprint density at radius 2 is 2.10 bits per heavy atom. The first kappa shape index (κ1) is 18.2. The van der Waals surface area contributed by atoms with E-state index in [9.17, 15) is 9.59 Å². The quantitative estimate of drug-likeness (QED) is 0.651. The highest BCUT2D eigenvalue weighted by atomic mass is 79.9. The fourth-order valence-electron chi connectivity index (χ4n) is 1.95. The average molecular weight is 376 g/mol. The number of halogens is 1. The molecule has 118 valence electrons. The Balaban J connectivity index is 2.43. The van der Waals surface area contributed by atoms with Crippen LogP contribution in [0.3, 0.4) is 0 Å². The highest BCUT2D eigenvalue weighted by Gasteiger charge is 2.20. The number of hydrogen-bond acceptors (Lipinski definition) is 4. The summed E-state index contributed by atoms with van der Waals surface area (Å²) in [6.45, 7) is 5.96. The third kappa shape index (κ3) is 6.61. The third-order valence-corrected chi connectivity index (χ3v) is 4.67. The molecule has 0 aliphatic heterocycles. The molecule has 0 aliphatic carbocycles. The molecular formula is C15H22BrNO3S. The first-order chi connectivity index (χ1) is 9.93. The lowest BCUT2D eigenvalue weighted by atomic mass is 10.2. The molecule has 1 amide bonds. The average Bonchev–Trinajstić information content (AvgIpc) is 2.81. The number of carbonyl (C=O) groups is 2. The Bertz CT molecular complexity index is 473. The lowest BCUT2D eigenvalue weighted by molar-refractivity contribution is -0.150. The van der Waals surface area contributed by atoms with E-state index in [4.69, 9.17) is 4.74 Å². The molecule has 1 heterocycles. The van der Waals surface area contributed by atoms with Crippen molar-refractivity contribution in [1.29, 1.82) is 0 Å². The zero-order valence-corrected chi connectivity index (χ0v) is 15.1. The fraction of sp³-hybridized carbons (Fsp3) is 0.600. The monoisotopic (exact) mass is 375 g/mol. The van der Waals surface area contributed by atoms with Gasteiger partial charge in [-0.1, -0.05) is 0 Å². The summed E-state index contributed by atoms with van der Waals surface area (Å²) in [5, 5.41) is 0. The zero-order chi connectivity index (χ0) is 15.8. The van der Waals surface area contributed by atoms with Crippen LogP contribution in [-0.2, 0) is 20.7 Å². The molecule has 0 spiro atoms. The highest BCUT2D eigenvalue weighted by molar-refractivity contribution is 9.11. The van der Waals surface area contributed by atoms with Crippen LogP contribution in [-0.4, -0.2) is 36.0 Å². The van der Waals surface area contributed by atoms with E-state index in [2.05, 4.69) is 22.0 Å². The van der Waals surface area contributed by atoms with E-state index in [0.29, 0.717) is 13.0 Å². The van der Waals surface area contributed by atoms with Gasteiger partial charge in [0.2, 0.25) is 5.91 Å². The molecule has 1 aromatic rings. The van der Waals surface area contributed by atoms with Crippen molar-refractivity contribution in [1.82, 2.24) is 4.90 Å². The number of aryl methyl sites for hydroxylation is 1. The molecule has 0 unspecified atom stereocenters. The van der Waals surface area contributed by atoms with Gasteiger partial charge in [0.25, 0.3) is 0 Å². The summed E-state index contributed by atoms with van der Waals surface area (Å²) in [5.74, 6) is -0.338. The maximum absolute atomic E-state index is 12.2. The number of thiophene rings is 1. The van der Waals surface area contributed by atoms with Crippen LogP contribution in [0.2, 0.25) is 0 Å². The third-order valence-electron chi connectivity index (χ3n) is 2.99. The molecule has 1 aromatic heterocycles. The van der Waals surface area contributed by atoms with E-state index in [1.165, 1.54) is 4.88 Å². The topological polar surface area (TPSA) is 46.6 Å². The molecule has 0 bridgehead atoms. The predicted octanol–water partition coefficient (Wildman–Crippen LogP) is 3.63. The number of amides is 1. The van der Waals surface area contributed by atoms with Crippen LogP contribution < -0.4 is 0 Å². The van der Waals surface area contributed by atoms with Crippen LogP contribution >= 0.6 is 27.3 Å². The van der Waals surface area contributed by atoms with Gasteiger partial charge in [-0.05, 0) is 61.7 Å². The minimum Gasteiger partial charge on any atom is -0.465 e. The van der Waals surface area contributed by atoms with E-state index in [1.807, 2.05) is 19.9 Å². The molecule has 0 radical (unpaired) electrons. The van der Waals surface area contributed by atoms with Crippen LogP contribution in [0, 0.1) is 0 Å². The Hall–Kier alpha value is -0.880. The lowest BCUT2D eigenvalue weighted by Crippen LogP contribution is -2.41. The maximum atomic E-state index is 12.2. The van der Waals surface area contributed by atoms with E-state index < -0.39 is 0 Å². The van der Waals surface area contributed by atoms with Gasteiger partial charge in [-0.2, -0.15) is 0 Å². The summed E-state index contributed by atoms with van der Waals surface area (Å²) >= 11 is 5.12. The van der Waals surface area contributed by atoms with Crippen molar-refractivity contribution in [3.8, 4) is 0 Å². The molecule has 0 fully saturated rings. The minimum absolute atomic E-state index is 0.00205. The fourth-order valence-corrected chi connectivity index (χ4v) is 3.47. The van der Waals surface area contributed by atoms with Crippen molar-refractivity contribution < 1.29 is 14.3 Å². The number of carbonyl (C=O) groups excluding carboxylic acids is 2. The lowest BCUT2D eigenvalue weighted by Gasteiger charge is -2.25. The summed E-state index contributed by atoms with van der Waals surface area (Å²) in [5.41, 5.74) is 0. The van der Waals surface area contributed by atoms with E-state index in [-0.39, 0.29) is 24.5 Å². The SMILES string of the molecule is CCOC(=O)CN(C(=O)CCCc1ccc(Br)s1)C(C)C. The van der Waals surface area contributed by atoms with Gasteiger partial charge < -0.3 is 9.64 Å². The smallest absolute Gasteiger partial charge is 0.325 e. The first-order valence-corrected chi connectivity index (χ1v) is 8.74. The standard InChI is InChI=1S/C15H22BrNO3S/c1-4-20-15(19)10-17(11(2)3)14(18)7-5-6-12-8-9-13(16)21-12/h8-9,11H,4-7,10H2,1-3H3. The van der Waals surface area contributed by atoms with Crippen molar-refractivity contribution in [3.05, 3.63) is 20.8 Å². The van der Waals surface area contributed by atoms with Crippen molar-refractivity contribution in [3.63, 3.8) is 0 Å². The molecule has 1 rings (SSSR count). The van der Waals surface area contributed by atoms with Gasteiger partial charge in [0, 0.05) is 17.3 Å². The molecule has 0 aliphatic rings. The minimum atomic E-state index is -0.346. The van der Waals surface area contributed by atoms with E-state index in [1.54, 1.807) is 23.2 Å². The molecule has 21 heavy (non-hydrogen) atoms. The van der Waals surface area contributed by atoms with Gasteiger partial charge >= 0.3 is 5.97 Å². The second kappa shape index (κ2) is 9.20. The number of hydrogen-bond donors (Lipinski definition) is 0. The molecule has 0 saturated heterocycles. The summed E-state index contributed by atoms with van der Waals surface area (Å²) in [6.07, 6.45) is 2.12. The highest BCUT2D eigenvalue weighted by Crippen LogP contribution is 2.23. The van der Waals surface area contributed by atoms with Crippen LogP contribution in [0.25, 0.3) is 0 Å². The van der Waals surface area contributed by atoms with Gasteiger partial charge in [-0.3, -0.25) is 9.59 Å². The predicted molar refractivity (Wildman–Crippen MR) is 88.4 cm³/mol. The van der Waals surface area contributed by atoms with Crippen molar-refractivity contribution in [2.24, 2.45) is 0 Å². The van der Waals surface area contributed by atoms with Gasteiger partial charge in [0.1, 0.15) is 6.54 Å². The Labute approximate surface area is 138 Å². The van der Waals surface area contributed by atoms with Crippen molar-refractivity contribution >= 4 is 39.1 Å². The van der Waals surface area contributed by atoms with E-state index >= 15 is 0 Å². The van der Waals surface area contributed by atoms with Crippen LogP contribution in [0.5, 0.6) is 0 Å².